The monoisotopic (exact) mass is 436 g/mol. The predicted octanol–water partition coefficient (Wildman–Crippen LogP) is 4.59. The van der Waals surface area contributed by atoms with Crippen LogP contribution in [0.15, 0.2) is 42.5 Å². The Balaban J connectivity index is 1.53. The van der Waals surface area contributed by atoms with Crippen molar-refractivity contribution in [2.75, 3.05) is 30.5 Å². The highest BCUT2D eigenvalue weighted by Crippen LogP contribution is 2.43. The summed E-state index contributed by atoms with van der Waals surface area (Å²) >= 11 is 9.95. The lowest BCUT2D eigenvalue weighted by atomic mass is 10.2. The molecule has 1 heterocycles. The van der Waals surface area contributed by atoms with Gasteiger partial charge in [0.1, 0.15) is 5.75 Å². The fourth-order valence-electron chi connectivity index (χ4n) is 2.66. The molecule has 1 aliphatic rings. The summed E-state index contributed by atoms with van der Waals surface area (Å²) in [7, 11) is 1.52. The van der Waals surface area contributed by atoms with Crippen LogP contribution in [0.2, 0.25) is 5.02 Å². The van der Waals surface area contributed by atoms with Gasteiger partial charge in [-0.3, -0.25) is 9.59 Å². The molecule has 2 amide bonds. The maximum absolute atomic E-state index is 12.2. The highest BCUT2D eigenvalue weighted by atomic mass is 35.5. The number of amides is 2. The van der Waals surface area contributed by atoms with Crippen molar-refractivity contribution in [3.05, 3.63) is 58.6 Å². The van der Waals surface area contributed by atoms with Crippen LogP contribution in [0.3, 0.4) is 0 Å². The zero-order valence-corrected chi connectivity index (χ0v) is 17.8. The van der Waals surface area contributed by atoms with E-state index in [1.807, 2.05) is 35.7 Å². The maximum atomic E-state index is 12.2. The van der Waals surface area contributed by atoms with E-state index < -0.39 is 0 Å². The van der Waals surface area contributed by atoms with E-state index in [-0.39, 0.29) is 18.4 Å². The third kappa shape index (κ3) is 5.59. The van der Waals surface area contributed by atoms with Crippen molar-refractivity contribution in [2.45, 2.75) is 11.0 Å². The number of benzene rings is 2. The summed E-state index contributed by atoms with van der Waals surface area (Å²) in [6, 6.07) is 12.6. The molecule has 0 unspecified atom stereocenters. The number of ether oxygens (including phenoxy) is 1. The Labute approximate surface area is 177 Å². The predicted molar refractivity (Wildman–Crippen MR) is 118 cm³/mol. The average Bonchev–Trinajstić information content (AvgIpc) is 2.74. The quantitative estimate of drug-likeness (QED) is 0.693. The number of hydrogen-bond acceptors (Lipinski definition) is 5. The van der Waals surface area contributed by atoms with E-state index in [1.165, 1.54) is 36.6 Å². The van der Waals surface area contributed by atoms with E-state index >= 15 is 0 Å². The van der Waals surface area contributed by atoms with E-state index in [1.54, 1.807) is 12.1 Å². The summed E-state index contributed by atoms with van der Waals surface area (Å²) in [5.41, 5.74) is 2.06. The fraction of sp³-hybridized carbons (Fsp3) is 0.300. The SMILES string of the molecule is CNC(=O)c1cc(NC(=O)COc2ccc(C3SCCCS3)cc2)ccc1Cl. The van der Waals surface area contributed by atoms with E-state index in [2.05, 4.69) is 22.8 Å². The lowest BCUT2D eigenvalue weighted by Gasteiger charge is -2.21. The van der Waals surface area contributed by atoms with Gasteiger partial charge < -0.3 is 15.4 Å². The first-order valence-corrected chi connectivity index (χ1v) is 11.3. The Hall–Kier alpha value is -1.83. The number of rotatable bonds is 6. The number of carbonyl (C=O) groups is 2. The van der Waals surface area contributed by atoms with Gasteiger partial charge in [-0.15, -0.1) is 23.5 Å². The van der Waals surface area contributed by atoms with Crippen molar-refractivity contribution < 1.29 is 14.3 Å². The topological polar surface area (TPSA) is 67.4 Å². The van der Waals surface area contributed by atoms with Gasteiger partial charge in [0.15, 0.2) is 6.61 Å². The smallest absolute Gasteiger partial charge is 0.262 e. The van der Waals surface area contributed by atoms with E-state index in [9.17, 15) is 9.59 Å². The molecule has 28 heavy (non-hydrogen) atoms. The Morgan fingerprint density at radius 2 is 1.86 bits per heavy atom. The molecule has 0 saturated carbocycles. The van der Waals surface area contributed by atoms with E-state index in [0.29, 0.717) is 26.6 Å². The Morgan fingerprint density at radius 1 is 1.14 bits per heavy atom. The standard InChI is InChI=1S/C20H21ClN2O3S2/c1-22-19(25)16-11-14(5-8-17(16)21)23-18(24)12-26-15-6-3-13(4-7-15)20-27-9-2-10-28-20/h3-8,11,20H,2,9-10,12H2,1H3,(H,22,25)(H,23,24). The number of nitrogens with one attached hydrogen (secondary N) is 2. The first-order chi connectivity index (χ1) is 13.6. The van der Waals surface area contributed by atoms with Crippen LogP contribution in [0.4, 0.5) is 5.69 Å². The molecule has 0 radical (unpaired) electrons. The molecule has 2 N–H and O–H groups in total. The molecule has 0 atom stereocenters. The molecule has 1 aliphatic heterocycles. The van der Waals surface area contributed by atoms with Crippen molar-refractivity contribution in [3.63, 3.8) is 0 Å². The van der Waals surface area contributed by atoms with Crippen molar-refractivity contribution >= 4 is 52.6 Å². The molecular formula is C20H21ClN2O3S2. The molecule has 2 aromatic carbocycles. The van der Waals surface area contributed by atoms with Gasteiger partial charge in [-0.25, -0.2) is 0 Å². The van der Waals surface area contributed by atoms with Crippen molar-refractivity contribution in [2.24, 2.45) is 0 Å². The van der Waals surface area contributed by atoms with Crippen LogP contribution in [-0.4, -0.2) is 37.0 Å². The van der Waals surface area contributed by atoms with Gasteiger partial charge >= 0.3 is 0 Å². The zero-order chi connectivity index (χ0) is 19.9. The summed E-state index contributed by atoms with van der Waals surface area (Å²) in [4.78, 5) is 23.9. The van der Waals surface area contributed by atoms with Gasteiger partial charge in [0.25, 0.3) is 11.8 Å². The minimum Gasteiger partial charge on any atom is -0.484 e. The summed E-state index contributed by atoms with van der Waals surface area (Å²) in [6.07, 6.45) is 1.26. The highest BCUT2D eigenvalue weighted by molar-refractivity contribution is 8.16. The maximum Gasteiger partial charge on any atom is 0.262 e. The molecule has 0 aromatic heterocycles. The summed E-state index contributed by atoms with van der Waals surface area (Å²) in [5.74, 6) is 2.41. The van der Waals surface area contributed by atoms with E-state index in [0.717, 1.165) is 0 Å². The molecule has 0 spiro atoms. The van der Waals surface area contributed by atoms with E-state index in [4.69, 9.17) is 16.3 Å². The van der Waals surface area contributed by atoms with Gasteiger partial charge in [0.05, 0.1) is 15.2 Å². The Kier molecular flexibility index (Phi) is 7.53. The normalized spacial score (nSPS) is 14.4. The van der Waals surface area contributed by atoms with Crippen LogP contribution in [0.5, 0.6) is 5.75 Å². The number of halogens is 1. The first kappa shape index (κ1) is 20.9. The average molecular weight is 437 g/mol. The minimum absolute atomic E-state index is 0.121. The van der Waals surface area contributed by atoms with Gasteiger partial charge in [-0.2, -0.15) is 0 Å². The molecule has 1 saturated heterocycles. The lowest BCUT2D eigenvalue weighted by molar-refractivity contribution is -0.118. The number of hydrogen-bond donors (Lipinski definition) is 2. The lowest BCUT2D eigenvalue weighted by Crippen LogP contribution is -2.21. The second-order valence-electron chi connectivity index (χ2n) is 6.11. The van der Waals surface area contributed by atoms with Crippen LogP contribution in [0.25, 0.3) is 0 Å². The van der Waals surface area contributed by atoms with Crippen LogP contribution < -0.4 is 15.4 Å². The van der Waals surface area contributed by atoms with Crippen molar-refractivity contribution in [1.29, 1.82) is 0 Å². The molecular weight excluding hydrogens is 416 g/mol. The van der Waals surface area contributed by atoms with Crippen molar-refractivity contribution in [1.82, 2.24) is 5.32 Å². The molecule has 1 fully saturated rings. The molecule has 0 aliphatic carbocycles. The molecule has 0 bridgehead atoms. The molecule has 5 nitrogen and oxygen atoms in total. The summed E-state index contributed by atoms with van der Waals surface area (Å²) in [5, 5.41) is 5.55. The van der Waals surface area contributed by atoms with Gasteiger partial charge in [-0.05, 0) is 53.8 Å². The first-order valence-electron chi connectivity index (χ1n) is 8.84. The van der Waals surface area contributed by atoms with Crippen LogP contribution in [0, 0.1) is 0 Å². The minimum atomic E-state index is -0.313. The Morgan fingerprint density at radius 3 is 2.54 bits per heavy atom. The number of carbonyl (C=O) groups excluding carboxylic acids is 2. The fourth-order valence-corrected chi connectivity index (χ4v) is 5.76. The van der Waals surface area contributed by atoms with Crippen LogP contribution in [0.1, 0.15) is 26.9 Å². The second kappa shape index (κ2) is 10.1. The third-order valence-electron chi connectivity index (χ3n) is 4.07. The molecule has 8 heteroatoms. The van der Waals surface area contributed by atoms with Gasteiger partial charge in [0, 0.05) is 12.7 Å². The molecule has 148 valence electrons. The van der Waals surface area contributed by atoms with Crippen LogP contribution >= 0.6 is 35.1 Å². The van der Waals surface area contributed by atoms with Gasteiger partial charge in [0.2, 0.25) is 0 Å². The second-order valence-corrected chi connectivity index (χ2v) is 9.24. The highest BCUT2D eigenvalue weighted by Gasteiger charge is 2.16. The largest absolute Gasteiger partial charge is 0.484 e. The van der Waals surface area contributed by atoms with Crippen LogP contribution in [-0.2, 0) is 4.79 Å². The van der Waals surface area contributed by atoms with Crippen molar-refractivity contribution in [3.8, 4) is 5.75 Å². The summed E-state index contributed by atoms with van der Waals surface area (Å²) in [6.45, 7) is -0.121. The summed E-state index contributed by atoms with van der Waals surface area (Å²) < 4.78 is 6.05. The molecule has 3 rings (SSSR count). The third-order valence-corrected chi connectivity index (χ3v) is 7.42. The zero-order valence-electron chi connectivity index (χ0n) is 15.4. The number of anilines is 1. The number of thioether (sulfide) groups is 2. The molecule has 2 aromatic rings. The Bertz CT molecular complexity index is 840. The van der Waals surface area contributed by atoms with Gasteiger partial charge in [-0.1, -0.05) is 23.7 Å².